The highest BCUT2D eigenvalue weighted by Crippen LogP contribution is 2.28. The lowest BCUT2D eigenvalue weighted by Crippen LogP contribution is -2.30. The number of likely N-dealkylation sites (tertiary alicyclic amines) is 1. The fourth-order valence-electron chi connectivity index (χ4n) is 3.84. The number of halogens is 1. The maximum absolute atomic E-state index is 13.8. The number of rotatable bonds is 9. The van der Waals surface area contributed by atoms with Crippen molar-refractivity contribution in [3.8, 4) is 11.5 Å². The summed E-state index contributed by atoms with van der Waals surface area (Å²) in [4.78, 5) is 2.23. The molecular formula is C25H27FN2O4S. The Hall–Kier alpha value is -3.10. The molecule has 0 amide bonds. The van der Waals surface area contributed by atoms with Crippen LogP contribution in [0.3, 0.4) is 0 Å². The summed E-state index contributed by atoms with van der Waals surface area (Å²) in [6.07, 6.45) is 2.46. The summed E-state index contributed by atoms with van der Waals surface area (Å²) in [5.41, 5.74) is 1.11. The van der Waals surface area contributed by atoms with E-state index >= 15 is 0 Å². The molecule has 1 N–H and O–H groups in total. The average molecular weight is 471 g/mol. The topological polar surface area (TPSA) is 70.1 Å². The fraction of sp³-hybridized carbons (Fsp3) is 0.280. The minimum atomic E-state index is -4.04. The zero-order valence-corrected chi connectivity index (χ0v) is 19.0. The number of hydrogen-bond donors (Lipinski definition) is 1. The monoisotopic (exact) mass is 470 g/mol. The zero-order valence-electron chi connectivity index (χ0n) is 18.2. The Morgan fingerprint density at radius 1 is 0.970 bits per heavy atom. The second-order valence-electron chi connectivity index (χ2n) is 8.03. The molecule has 0 unspecified atom stereocenters. The van der Waals surface area contributed by atoms with E-state index in [4.69, 9.17) is 4.74 Å². The van der Waals surface area contributed by atoms with Gasteiger partial charge in [0.2, 0.25) is 0 Å². The van der Waals surface area contributed by atoms with Crippen LogP contribution in [-0.2, 0) is 16.6 Å². The van der Waals surface area contributed by atoms with Crippen LogP contribution in [0.25, 0.3) is 0 Å². The maximum Gasteiger partial charge on any atom is 0.264 e. The molecule has 1 aliphatic rings. The SMILES string of the molecule is O=S(=O)(c1cccc(F)c1)N(Cc1ccc(O)cc1)c1ccc(OCCN2CCCC2)cc1. The van der Waals surface area contributed by atoms with Crippen molar-refractivity contribution in [3.63, 3.8) is 0 Å². The molecule has 0 bridgehead atoms. The molecule has 0 aliphatic carbocycles. The standard InChI is InChI=1S/C25H27FN2O4S/c26-21-4-3-5-25(18-21)33(30,31)28(19-20-6-10-23(29)11-7-20)22-8-12-24(13-9-22)32-17-16-27-14-1-2-15-27/h3-13,18,29H,1-2,14-17,19H2. The van der Waals surface area contributed by atoms with Gasteiger partial charge < -0.3 is 9.84 Å². The van der Waals surface area contributed by atoms with Crippen molar-refractivity contribution in [2.24, 2.45) is 0 Å². The van der Waals surface area contributed by atoms with Crippen LogP contribution in [0.2, 0.25) is 0 Å². The molecule has 0 spiro atoms. The summed E-state index contributed by atoms with van der Waals surface area (Å²) in [6, 6.07) is 18.1. The molecule has 3 aromatic carbocycles. The number of phenolic OH excluding ortho intramolecular Hbond substituents is 1. The normalized spacial score (nSPS) is 14.3. The van der Waals surface area contributed by atoms with Crippen LogP contribution in [-0.4, -0.2) is 44.7 Å². The van der Waals surface area contributed by atoms with E-state index in [1.165, 1.54) is 47.5 Å². The Bertz CT molecular complexity index is 1160. The third-order valence-corrected chi connectivity index (χ3v) is 7.42. The molecule has 1 heterocycles. The molecule has 33 heavy (non-hydrogen) atoms. The van der Waals surface area contributed by atoms with Gasteiger partial charge in [-0.05, 0) is 86.1 Å². The van der Waals surface area contributed by atoms with E-state index in [0.717, 1.165) is 25.7 Å². The summed E-state index contributed by atoms with van der Waals surface area (Å²) >= 11 is 0. The molecule has 1 fully saturated rings. The molecule has 0 aromatic heterocycles. The number of phenols is 1. The van der Waals surface area contributed by atoms with Gasteiger partial charge >= 0.3 is 0 Å². The molecule has 0 atom stereocenters. The Morgan fingerprint density at radius 2 is 1.67 bits per heavy atom. The lowest BCUT2D eigenvalue weighted by molar-refractivity contribution is 0.238. The van der Waals surface area contributed by atoms with E-state index < -0.39 is 15.8 Å². The van der Waals surface area contributed by atoms with Gasteiger partial charge in [0.1, 0.15) is 23.9 Å². The van der Waals surface area contributed by atoms with Crippen molar-refractivity contribution < 1.29 is 22.7 Å². The number of sulfonamides is 1. The Balaban J connectivity index is 1.56. The van der Waals surface area contributed by atoms with Crippen molar-refractivity contribution in [1.82, 2.24) is 4.90 Å². The maximum atomic E-state index is 13.8. The van der Waals surface area contributed by atoms with Crippen LogP contribution >= 0.6 is 0 Å². The van der Waals surface area contributed by atoms with E-state index in [9.17, 15) is 17.9 Å². The Labute approximate surface area is 193 Å². The second kappa shape index (κ2) is 10.2. The first-order valence-electron chi connectivity index (χ1n) is 10.9. The third kappa shape index (κ3) is 5.83. The average Bonchev–Trinajstić information content (AvgIpc) is 3.33. The molecule has 1 aliphatic heterocycles. The van der Waals surface area contributed by atoms with Gasteiger partial charge in [0.25, 0.3) is 10.0 Å². The van der Waals surface area contributed by atoms with E-state index in [2.05, 4.69) is 4.90 Å². The number of benzene rings is 3. The first-order valence-corrected chi connectivity index (χ1v) is 12.4. The van der Waals surface area contributed by atoms with Crippen LogP contribution in [0.5, 0.6) is 11.5 Å². The number of anilines is 1. The highest BCUT2D eigenvalue weighted by Gasteiger charge is 2.26. The quantitative estimate of drug-likeness (QED) is 0.502. The summed E-state index contributed by atoms with van der Waals surface area (Å²) < 4.78 is 47.7. The molecular weight excluding hydrogens is 443 g/mol. The van der Waals surface area contributed by atoms with Crippen molar-refractivity contribution in [3.05, 3.63) is 84.2 Å². The van der Waals surface area contributed by atoms with Gasteiger partial charge in [-0.25, -0.2) is 12.8 Å². The smallest absolute Gasteiger partial charge is 0.264 e. The first kappa shape index (κ1) is 23.1. The number of nitrogens with zero attached hydrogens (tertiary/aromatic N) is 2. The summed E-state index contributed by atoms with van der Waals surface area (Å²) in [5.74, 6) is 0.127. The Morgan fingerprint density at radius 3 is 2.33 bits per heavy atom. The molecule has 3 aromatic rings. The fourth-order valence-corrected chi connectivity index (χ4v) is 5.33. The van der Waals surface area contributed by atoms with Gasteiger partial charge in [-0.2, -0.15) is 0 Å². The predicted octanol–water partition coefficient (Wildman–Crippen LogP) is 4.40. The molecule has 8 heteroatoms. The van der Waals surface area contributed by atoms with Crippen LogP contribution in [0.1, 0.15) is 18.4 Å². The molecule has 174 valence electrons. The lowest BCUT2D eigenvalue weighted by Gasteiger charge is -2.25. The summed E-state index contributed by atoms with van der Waals surface area (Å²) in [5, 5.41) is 9.56. The Kier molecular flexibility index (Phi) is 7.15. The number of hydrogen-bond acceptors (Lipinski definition) is 5. The summed E-state index contributed by atoms with van der Waals surface area (Å²) in [6.45, 7) is 3.66. The minimum Gasteiger partial charge on any atom is -0.508 e. The highest BCUT2D eigenvalue weighted by atomic mass is 32.2. The van der Waals surface area contributed by atoms with Gasteiger partial charge in [0.05, 0.1) is 17.1 Å². The van der Waals surface area contributed by atoms with Gasteiger partial charge in [-0.3, -0.25) is 9.21 Å². The van der Waals surface area contributed by atoms with Crippen LogP contribution in [0, 0.1) is 5.82 Å². The second-order valence-corrected chi connectivity index (χ2v) is 9.89. The molecule has 6 nitrogen and oxygen atoms in total. The number of ether oxygens (including phenoxy) is 1. The van der Waals surface area contributed by atoms with Crippen LogP contribution in [0.15, 0.2) is 77.7 Å². The first-order chi connectivity index (χ1) is 15.9. The highest BCUT2D eigenvalue weighted by molar-refractivity contribution is 7.92. The molecule has 4 rings (SSSR count). The van der Waals surface area contributed by atoms with Gasteiger partial charge in [-0.1, -0.05) is 18.2 Å². The summed E-state index contributed by atoms with van der Waals surface area (Å²) in [7, 11) is -4.04. The van der Waals surface area contributed by atoms with Crippen molar-refractivity contribution in [1.29, 1.82) is 0 Å². The lowest BCUT2D eigenvalue weighted by atomic mass is 10.2. The van der Waals surface area contributed by atoms with E-state index in [1.54, 1.807) is 36.4 Å². The van der Waals surface area contributed by atoms with Crippen molar-refractivity contribution >= 4 is 15.7 Å². The van der Waals surface area contributed by atoms with Crippen molar-refractivity contribution in [2.45, 2.75) is 24.3 Å². The van der Waals surface area contributed by atoms with E-state index in [0.29, 0.717) is 23.6 Å². The van der Waals surface area contributed by atoms with Crippen molar-refractivity contribution in [2.75, 3.05) is 30.5 Å². The largest absolute Gasteiger partial charge is 0.508 e. The molecule has 1 saturated heterocycles. The molecule has 0 saturated carbocycles. The van der Waals surface area contributed by atoms with Crippen LogP contribution in [0.4, 0.5) is 10.1 Å². The number of aromatic hydroxyl groups is 1. The minimum absolute atomic E-state index is 0.0221. The molecule has 0 radical (unpaired) electrons. The van der Waals surface area contributed by atoms with E-state index in [-0.39, 0.29) is 17.2 Å². The van der Waals surface area contributed by atoms with E-state index in [1.807, 2.05) is 0 Å². The van der Waals surface area contributed by atoms with Crippen LogP contribution < -0.4 is 9.04 Å². The third-order valence-electron chi connectivity index (χ3n) is 5.65. The zero-order chi connectivity index (χ0) is 23.3. The predicted molar refractivity (Wildman–Crippen MR) is 125 cm³/mol. The van der Waals surface area contributed by atoms with Gasteiger partial charge in [-0.15, -0.1) is 0 Å². The van der Waals surface area contributed by atoms with Gasteiger partial charge in [0.15, 0.2) is 0 Å². The van der Waals surface area contributed by atoms with Gasteiger partial charge in [0, 0.05) is 6.54 Å².